The van der Waals surface area contributed by atoms with Crippen molar-refractivity contribution >= 4 is 19.7 Å². The third-order valence-corrected chi connectivity index (χ3v) is 9.45. The second-order valence-electron chi connectivity index (χ2n) is 8.09. The van der Waals surface area contributed by atoms with Gasteiger partial charge in [0.1, 0.15) is 0 Å². The van der Waals surface area contributed by atoms with Crippen LogP contribution in [0.5, 0.6) is 0 Å². The Kier molecular flexibility index (Phi) is 6.05. The largest absolute Gasteiger partial charge is 0.416 e. The third kappa shape index (κ3) is 4.65. The van der Waals surface area contributed by atoms with Crippen LogP contribution < -0.4 is 0 Å². The van der Waals surface area contributed by atoms with Crippen LogP contribution in [0.1, 0.15) is 42.6 Å². The number of benzene rings is 2. The summed E-state index contributed by atoms with van der Waals surface area (Å²) < 4.78 is 94.3. The molecule has 2 atom stereocenters. The molecule has 0 bridgehead atoms. The average molecular weight is 477 g/mol. The lowest BCUT2D eigenvalue weighted by atomic mass is 9.92. The van der Waals surface area contributed by atoms with Crippen molar-refractivity contribution in [1.82, 2.24) is 0 Å². The molecule has 1 aliphatic rings. The molecule has 1 saturated heterocycles. The second-order valence-corrected chi connectivity index (χ2v) is 12.5. The fourth-order valence-electron chi connectivity index (χ4n) is 3.77. The van der Waals surface area contributed by atoms with Crippen LogP contribution in [0.2, 0.25) is 0 Å². The van der Waals surface area contributed by atoms with Crippen molar-refractivity contribution < 1.29 is 34.7 Å². The summed E-state index contributed by atoms with van der Waals surface area (Å²) in [6, 6.07) is 8.49. The summed E-state index contributed by atoms with van der Waals surface area (Å²) in [6.07, 6.45) is -4.19. The highest BCUT2D eigenvalue weighted by atomic mass is 32.2. The molecular weight excluding hydrogens is 453 g/mol. The van der Waals surface area contributed by atoms with E-state index < -0.39 is 47.2 Å². The number of rotatable bonds is 4. The van der Waals surface area contributed by atoms with Gasteiger partial charge in [-0.1, -0.05) is 18.2 Å². The maximum absolute atomic E-state index is 13.3. The molecule has 10 heteroatoms. The highest BCUT2D eigenvalue weighted by molar-refractivity contribution is 7.92. The lowest BCUT2D eigenvalue weighted by Gasteiger charge is -2.38. The number of hydrogen-bond acceptors (Lipinski definition) is 5. The summed E-state index contributed by atoms with van der Waals surface area (Å²) in [4.78, 5) is -0.271. The minimum Gasteiger partial charge on any atom is -0.373 e. The maximum atomic E-state index is 13.3. The molecule has 0 aliphatic carbocycles. The number of alkyl halides is 3. The SMILES string of the molecule is Cc1ccc(C2CC(C)(S(=O)(=O)c3cccc(C(F)(F)F)c3)CCO2)cc1S(C)(=O)=O. The van der Waals surface area contributed by atoms with Gasteiger partial charge >= 0.3 is 6.18 Å². The molecule has 0 aromatic heterocycles. The first kappa shape index (κ1) is 23.7. The van der Waals surface area contributed by atoms with Gasteiger partial charge < -0.3 is 4.74 Å². The minimum atomic E-state index is -4.66. The van der Waals surface area contributed by atoms with E-state index in [1.54, 1.807) is 19.1 Å². The Morgan fingerprint density at radius 2 is 1.74 bits per heavy atom. The molecule has 0 amide bonds. The van der Waals surface area contributed by atoms with Gasteiger partial charge in [0.05, 0.1) is 26.2 Å². The van der Waals surface area contributed by atoms with Gasteiger partial charge in [-0.2, -0.15) is 13.2 Å². The standard InChI is InChI=1S/C21H23F3O5S2/c1-14-7-8-15(11-19(14)30(3,25)26)18-13-20(2,9-10-29-18)31(27,28)17-6-4-5-16(12-17)21(22,23)24/h4-8,11-12,18H,9-10,13H2,1-3H3. The zero-order valence-corrected chi connectivity index (χ0v) is 18.9. The van der Waals surface area contributed by atoms with Gasteiger partial charge in [0, 0.05) is 12.9 Å². The van der Waals surface area contributed by atoms with E-state index in [1.165, 1.54) is 13.0 Å². The molecule has 170 valence electrons. The molecule has 31 heavy (non-hydrogen) atoms. The van der Waals surface area contributed by atoms with Crippen LogP contribution in [0.3, 0.4) is 0 Å². The number of halogens is 3. The Labute approximate surface area is 180 Å². The van der Waals surface area contributed by atoms with Crippen LogP contribution >= 0.6 is 0 Å². The summed E-state index contributed by atoms with van der Waals surface area (Å²) >= 11 is 0. The summed E-state index contributed by atoms with van der Waals surface area (Å²) in [5, 5.41) is 0. The van der Waals surface area contributed by atoms with Gasteiger partial charge in [0.25, 0.3) is 0 Å². The van der Waals surface area contributed by atoms with Crippen molar-refractivity contribution in [2.24, 2.45) is 0 Å². The second kappa shape index (κ2) is 7.90. The Bertz CT molecular complexity index is 1200. The number of hydrogen-bond donors (Lipinski definition) is 0. The molecule has 2 aromatic rings. The molecule has 1 aliphatic heterocycles. The van der Waals surface area contributed by atoms with Gasteiger partial charge in [0.15, 0.2) is 19.7 Å². The van der Waals surface area contributed by atoms with E-state index >= 15 is 0 Å². The van der Waals surface area contributed by atoms with E-state index in [-0.39, 0.29) is 24.3 Å². The van der Waals surface area contributed by atoms with Crippen molar-refractivity contribution in [3.8, 4) is 0 Å². The first-order chi connectivity index (χ1) is 14.1. The van der Waals surface area contributed by atoms with E-state index in [4.69, 9.17) is 4.74 Å². The van der Waals surface area contributed by atoms with E-state index in [2.05, 4.69) is 0 Å². The smallest absolute Gasteiger partial charge is 0.373 e. The lowest BCUT2D eigenvalue weighted by Crippen LogP contribution is -2.42. The zero-order valence-electron chi connectivity index (χ0n) is 17.2. The Balaban J connectivity index is 1.99. The summed E-state index contributed by atoms with van der Waals surface area (Å²) in [5.74, 6) is 0. The van der Waals surface area contributed by atoms with Crippen LogP contribution in [0, 0.1) is 6.92 Å². The molecular formula is C21H23F3O5S2. The highest BCUT2D eigenvalue weighted by Crippen LogP contribution is 2.43. The molecule has 1 fully saturated rings. The van der Waals surface area contributed by atoms with E-state index in [9.17, 15) is 30.0 Å². The molecule has 2 aromatic carbocycles. The molecule has 1 heterocycles. The number of ether oxygens (including phenoxy) is 1. The summed E-state index contributed by atoms with van der Waals surface area (Å²) in [6.45, 7) is 3.22. The zero-order chi connectivity index (χ0) is 23.2. The van der Waals surface area contributed by atoms with Crippen LogP contribution in [-0.2, 0) is 30.6 Å². The van der Waals surface area contributed by atoms with Gasteiger partial charge in [-0.15, -0.1) is 0 Å². The molecule has 2 unspecified atom stereocenters. The van der Waals surface area contributed by atoms with E-state index in [0.29, 0.717) is 17.2 Å². The van der Waals surface area contributed by atoms with Crippen LogP contribution in [0.15, 0.2) is 52.3 Å². The fourth-order valence-corrected chi connectivity index (χ4v) is 6.60. The van der Waals surface area contributed by atoms with Crippen molar-refractivity contribution in [2.45, 2.75) is 53.5 Å². The average Bonchev–Trinajstić information content (AvgIpc) is 2.67. The topological polar surface area (TPSA) is 77.5 Å². The lowest BCUT2D eigenvalue weighted by molar-refractivity contribution is -0.137. The highest BCUT2D eigenvalue weighted by Gasteiger charge is 2.45. The van der Waals surface area contributed by atoms with Gasteiger partial charge in [0.2, 0.25) is 0 Å². The van der Waals surface area contributed by atoms with Crippen LogP contribution in [0.4, 0.5) is 13.2 Å². The van der Waals surface area contributed by atoms with Crippen molar-refractivity contribution in [3.63, 3.8) is 0 Å². The predicted molar refractivity (Wildman–Crippen MR) is 109 cm³/mol. The van der Waals surface area contributed by atoms with Gasteiger partial charge in [-0.05, 0) is 62.1 Å². The first-order valence-electron chi connectivity index (χ1n) is 9.49. The quantitative estimate of drug-likeness (QED) is 0.649. The molecule has 5 nitrogen and oxygen atoms in total. The summed E-state index contributed by atoms with van der Waals surface area (Å²) in [5.41, 5.74) is 0.0368. The van der Waals surface area contributed by atoms with Crippen molar-refractivity contribution in [1.29, 1.82) is 0 Å². The third-order valence-electron chi connectivity index (χ3n) is 5.67. The first-order valence-corrected chi connectivity index (χ1v) is 12.9. The van der Waals surface area contributed by atoms with Crippen molar-refractivity contribution in [3.05, 3.63) is 59.2 Å². The molecule has 0 radical (unpaired) electrons. The molecule has 3 rings (SSSR count). The Morgan fingerprint density at radius 1 is 1.06 bits per heavy atom. The fraction of sp³-hybridized carbons (Fsp3) is 0.429. The van der Waals surface area contributed by atoms with Gasteiger partial charge in [-0.25, -0.2) is 16.8 Å². The van der Waals surface area contributed by atoms with Crippen molar-refractivity contribution in [2.75, 3.05) is 12.9 Å². The van der Waals surface area contributed by atoms with Crippen LogP contribution in [0.25, 0.3) is 0 Å². The predicted octanol–water partition coefficient (Wildman–Crippen LogP) is 4.50. The molecule has 0 spiro atoms. The minimum absolute atomic E-state index is 0.0160. The van der Waals surface area contributed by atoms with E-state index in [1.807, 2.05) is 0 Å². The number of sulfone groups is 2. The van der Waals surface area contributed by atoms with Gasteiger partial charge in [-0.3, -0.25) is 0 Å². The Morgan fingerprint density at radius 3 is 2.35 bits per heavy atom. The summed E-state index contributed by atoms with van der Waals surface area (Å²) in [7, 11) is -7.62. The monoisotopic (exact) mass is 476 g/mol. The Hall–Kier alpha value is -1.91. The normalized spacial score (nSPS) is 23.0. The maximum Gasteiger partial charge on any atom is 0.416 e. The molecule has 0 N–H and O–H groups in total. The molecule has 0 saturated carbocycles. The van der Waals surface area contributed by atoms with Crippen LogP contribution in [-0.4, -0.2) is 34.4 Å². The number of aryl methyl sites for hydroxylation is 1. The van der Waals surface area contributed by atoms with E-state index in [0.717, 1.165) is 24.5 Å².